The molecule has 0 aliphatic carbocycles. The number of rotatable bonds is 5. The quantitative estimate of drug-likeness (QED) is 0.643. The fraction of sp³-hybridized carbons (Fsp3) is 0.208. The van der Waals surface area contributed by atoms with Crippen LogP contribution in [-0.2, 0) is 16.4 Å². The second-order valence-corrected chi connectivity index (χ2v) is 9.39. The Labute approximate surface area is 182 Å². The van der Waals surface area contributed by atoms with Gasteiger partial charge in [-0.15, -0.1) is 0 Å². The number of methoxy groups -OCH3 is 1. The molecule has 6 nitrogen and oxygen atoms in total. The van der Waals surface area contributed by atoms with Crippen LogP contribution < -0.4 is 14.4 Å². The Bertz CT molecular complexity index is 1220. The van der Waals surface area contributed by atoms with Gasteiger partial charge in [0.2, 0.25) is 0 Å². The Morgan fingerprint density at radius 2 is 1.81 bits per heavy atom. The summed E-state index contributed by atoms with van der Waals surface area (Å²) in [6, 6.07) is 19.2. The number of sulfonamides is 1. The number of carbonyl (C=O) groups excluding carboxylic acids is 1. The van der Waals surface area contributed by atoms with Crippen molar-refractivity contribution in [3.8, 4) is 5.75 Å². The molecule has 1 heterocycles. The number of aryl methyl sites for hydroxylation is 2. The molecule has 3 aromatic rings. The molecule has 1 aliphatic heterocycles. The normalized spacial score (nSPS) is 13.4. The second-order valence-electron chi connectivity index (χ2n) is 7.52. The first-order chi connectivity index (χ1) is 14.9. The summed E-state index contributed by atoms with van der Waals surface area (Å²) < 4.78 is 33.1. The molecule has 0 saturated heterocycles. The SMILES string of the molecule is COc1cccc(C(=O)Nc2ccc3c(c2)CCCN3S(=O)(=O)c2ccc(C)cc2)c1. The predicted octanol–water partition coefficient (Wildman–Crippen LogP) is 4.40. The molecule has 4 rings (SSSR count). The molecule has 7 heteroatoms. The van der Waals surface area contributed by atoms with E-state index in [1.807, 2.05) is 13.0 Å². The first-order valence-corrected chi connectivity index (χ1v) is 11.5. The Morgan fingerprint density at radius 3 is 2.55 bits per heavy atom. The van der Waals surface area contributed by atoms with Crippen LogP contribution in [0.5, 0.6) is 5.75 Å². The van der Waals surface area contributed by atoms with E-state index in [4.69, 9.17) is 4.74 Å². The highest BCUT2D eigenvalue weighted by Gasteiger charge is 2.29. The van der Waals surface area contributed by atoms with E-state index in [1.165, 1.54) is 4.31 Å². The molecule has 0 unspecified atom stereocenters. The predicted molar refractivity (Wildman–Crippen MR) is 121 cm³/mol. The molecule has 0 spiro atoms. The van der Waals surface area contributed by atoms with Crippen LogP contribution in [0, 0.1) is 6.92 Å². The van der Waals surface area contributed by atoms with Crippen molar-refractivity contribution in [2.45, 2.75) is 24.7 Å². The lowest BCUT2D eigenvalue weighted by molar-refractivity contribution is 0.102. The molecular weight excluding hydrogens is 412 g/mol. The van der Waals surface area contributed by atoms with Gasteiger partial charge in [0.05, 0.1) is 17.7 Å². The van der Waals surface area contributed by atoms with Crippen LogP contribution in [0.25, 0.3) is 0 Å². The molecule has 1 N–H and O–H groups in total. The van der Waals surface area contributed by atoms with E-state index in [2.05, 4.69) is 5.32 Å². The molecule has 0 saturated carbocycles. The van der Waals surface area contributed by atoms with Crippen LogP contribution in [0.2, 0.25) is 0 Å². The van der Waals surface area contributed by atoms with Gasteiger partial charge in [0.15, 0.2) is 0 Å². The van der Waals surface area contributed by atoms with Crippen molar-refractivity contribution in [2.75, 3.05) is 23.3 Å². The highest BCUT2D eigenvalue weighted by molar-refractivity contribution is 7.92. The van der Waals surface area contributed by atoms with Crippen molar-refractivity contribution >= 4 is 27.3 Å². The Kier molecular flexibility index (Phi) is 5.69. The minimum Gasteiger partial charge on any atom is -0.497 e. The standard InChI is InChI=1S/C24H24N2O4S/c1-17-8-11-22(12-9-17)31(28,29)26-14-4-6-18-15-20(10-13-23(18)26)25-24(27)19-5-3-7-21(16-19)30-2/h3,5,7-13,15-16H,4,6,14H2,1-2H3,(H,25,27). The number of hydrogen-bond donors (Lipinski definition) is 1. The third-order valence-electron chi connectivity index (χ3n) is 5.35. The summed E-state index contributed by atoms with van der Waals surface area (Å²) in [4.78, 5) is 12.9. The van der Waals surface area contributed by atoms with E-state index in [0.717, 1.165) is 17.5 Å². The highest BCUT2D eigenvalue weighted by Crippen LogP contribution is 2.34. The van der Waals surface area contributed by atoms with Crippen molar-refractivity contribution in [3.63, 3.8) is 0 Å². The second kappa shape index (κ2) is 8.43. The van der Waals surface area contributed by atoms with Crippen LogP contribution in [0.4, 0.5) is 11.4 Å². The smallest absolute Gasteiger partial charge is 0.264 e. The zero-order valence-corrected chi connectivity index (χ0v) is 18.3. The van der Waals surface area contributed by atoms with Gasteiger partial charge < -0.3 is 10.1 Å². The summed E-state index contributed by atoms with van der Waals surface area (Å²) in [5, 5.41) is 2.89. The highest BCUT2D eigenvalue weighted by atomic mass is 32.2. The Hall–Kier alpha value is -3.32. The van der Waals surface area contributed by atoms with Gasteiger partial charge in [-0.2, -0.15) is 0 Å². The van der Waals surface area contributed by atoms with Gasteiger partial charge in [-0.3, -0.25) is 9.10 Å². The molecule has 0 fully saturated rings. The van der Waals surface area contributed by atoms with Gasteiger partial charge in [0, 0.05) is 17.8 Å². The molecule has 160 valence electrons. The number of hydrogen-bond acceptors (Lipinski definition) is 4. The van der Waals surface area contributed by atoms with Crippen molar-refractivity contribution in [3.05, 3.63) is 83.4 Å². The molecule has 1 amide bonds. The van der Waals surface area contributed by atoms with Crippen LogP contribution in [0.15, 0.2) is 71.6 Å². The summed E-state index contributed by atoms with van der Waals surface area (Å²) in [5.41, 5.74) is 3.67. The minimum atomic E-state index is -3.65. The lowest BCUT2D eigenvalue weighted by atomic mass is 10.0. The molecule has 0 radical (unpaired) electrons. The fourth-order valence-electron chi connectivity index (χ4n) is 3.70. The number of fused-ring (bicyclic) bond motifs is 1. The Morgan fingerprint density at radius 1 is 1.03 bits per heavy atom. The van der Waals surface area contributed by atoms with Crippen LogP contribution in [0.1, 0.15) is 27.9 Å². The van der Waals surface area contributed by atoms with E-state index >= 15 is 0 Å². The van der Waals surface area contributed by atoms with Crippen molar-refractivity contribution < 1.29 is 17.9 Å². The third kappa shape index (κ3) is 4.27. The van der Waals surface area contributed by atoms with E-state index in [-0.39, 0.29) is 10.8 Å². The maximum atomic E-state index is 13.2. The monoisotopic (exact) mass is 436 g/mol. The van der Waals surface area contributed by atoms with E-state index < -0.39 is 10.0 Å². The summed E-state index contributed by atoms with van der Waals surface area (Å²) in [6.45, 7) is 2.35. The molecule has 0 bridgehead atoms. The summed E-state index contributed by atoms with van der Waals surface area (Å²) in [5.74, 6) is 0.355. The number of ether oxygens (including phenoxy) is 1. The molecule has 0 atom stereocenters. The van der Waals surface area contributed by atoms with E-state index in [9.17, 15) is 13.2 Å². The number of nitrogens with zero attached hydrogens (tertiary/aromatic N) is 1. The molecule has 0 aromatic heterocycles. The molecule has 3 aromatic carbocycles. The largest absolute Gasteiger partial charge is 0.497 e. The lowest BCUT2D eigenvalue weighted by Crippen LogP contribution is -2.35. The topological polar surface area (TPSA) is 75.7 Å². The zero-order chi connectivity index (χ0) is 22.0. The summed E-state index contributed by atoms with van der Waals surface area (Å²) >= 11 is 0. The van der Waals surface area contributed by atoms with Gasteiger partial charge in [0.1, 0.15) is 5.75 Å². The minimum absolute atomic E-state index is 0.251. The van der Waals surface area contributed by atoms with E-state index in [0.29, 0.717) is 35.7 Å². The number of carbonyl (C=O) groups is 1. The summed E-state index contributed by atoms with van der Waals surface area (Å²) in [6.07, 6.45) is 1.46. The number of amides is 1. The lowest BCUT2D eigenvalue weighted by Gasteiger charge is -2.31. The number of benzene rings is 3. The average molecular weight is 437 g/mol. The summed E-state index contributed by atoms with van der Waals surface area (Å²) in [7, 11) is -2.09. The van der Waals surface area contributed by atoms with Crippen LogP contribution >= 0.6 is 0 Å². The van der Waals surface area contributed by atoms with Crippen molar-refractivity contribution in [1.82, 2.24) is 0 Å². The van der Waals surface area contributed by atoms with Gasteiger partial charge in [-0.1, -0.05) is 23.8 Å². The average Bonchev–Trinajstić information content (AvgIpc) is 2.78. The number of nitrogens with one attached hydrogen (secondary N) is 1. The molecule has 31 heavy (non-hydrogen) atoms. The van der Waals surface area contributed by atoms with Gasteiger partial charge in [-0.25, -0.2) is 8.42 Å². The van der Waals surface area contributed by atoms with Gasteiger partial charge in [0.25, 0.3) is 15.9 Å². The van der Waals surface area contributed by atoms with Crippen LogP contribution in [-0.4, -0.2) is 28.0 Å². The third-order valence-corrected chi connectivity index (χ3v) is 7.18. The van der Waals surface area contributed by atoms with Gasteiger partial charge >= 0.3 is 0 Å². The van der Waals surface area contributed by atoms with Crippen molar-refractivity contribution in [2.24, 2.45) is 0 Å². The first-order valence-electron chi connectivity index (χ1n) is 10.1. The fourth-order valence-corrected chi connectivity index (χ4v) is 5.24. The maximum Gasteiger partial charge on any atom is 0.264 e. The van der Waals surface area contributed by atoms with E-state index in [1.54, 1.807) is 67.8 Å². The molecular formula is C24H24N2O4S. The zero-order valence-electron chi connectivity index (χ0n) is 17.5. The maximum absolute atomic E-state index is 13.2. The molecule has 1 aliphatic rings. The number of anilines is 2. The first kappa shape index (κ1) is 20.9. The van der Waals surface area contributed by atoms with Crippen molar-refractivity contribution in [1.29, 1.82) is 0 Å². The van der Waals surface area contributed by atoms with Gasteiger partial charge in [-0.05, 0) is 73.9 Å². The van der Waals surface area contributed by atoms with Crippen LogP contribution in [0.3, 0.4) is 0 Å². The Balaban J connectivity index is 1.60.